The van der Waals surface area contributed by atoms with Crippen LogP contribution in [0.25, 0.3) is 188 Å². The molecule has 12 heteroatoms. The molecular formula is C96H62N12. The Balaban J connectivity index is 0.000000104. The van der Waals surface area contributed by atoms with Gasteiger partial charge in [-0.15, -0.1) is 0 Å². The topological polar surface area (TPSA) is 105 Å². The summed E-state index contributed by atoms with van der Waals surface area (Å²) in [5.41, 5.74) is 26.6. The second kappa shape index (κ2) is 25.5. The summed E-state index contributed by atoms with van der Waals surface area (Å²) >= 11 is 0. The van der Waals surface area contributed by atoms with Gasteiger partial charge in [0.2, 0.25) is 0 Å². The van der Waals surface area contributed by atoms with Crippen molar-refractivity contribution in [1.82, 2.24) is 57.5 Å². The molecule has 11 heterocycles. The largest absolute Gasteiger partial charge is 0.309 e. The van der Waals surface area contributed by atoms with Crippen LogP contribution in [-0.4, -0.2) is 57.5 Å². The number of aromatic nitrogens is 12. The molecule has 0 aliphatic heterocycles. The Morgan fingerprint density at radius 1 is 0.194 bits per heavy atom. The molecule has 108 heavy (non-hydrogen) atoms. The van der Waals surface area contributed by atoms with Gasteiger partial charge in [-0.1, -0.05) is 218 Å². The molecule has 506 valence electrons. The van der Waals surface area contributed by atoms with Gasteiger partial charge in [0.05, 0.1) is 108 Å². The van der Waals surface area contributed by atoms with Crippen LogP contribution in [0.3, 0.4) is 0 Å². The zero-order valence-corrected chi connectivity index (χ0v) is 58.2. The van der Waals surface area contributed by atoms with E-state index in [4.69, 9.17) is 20.1 Å². The van der Waals surface area contributed by atoms with Gasteiger partial charge < -0.3 is 13.7 Å². The number of pyridine rings is 4. The third-order valence-electron chi connectivity index (χ3n) is 21.2. The fourth-order valence-electron chi connectivity index (χ4n) is 16.0. The van der Waals surface area contributed by atoms with Crippen LogP contribution >= 0.6 is 0 Å². The van der Waals surface area contributed by atoms with Crippen molar-refractivity contribution in [2.45, 2.75) is 0 Å². The van der Waals surface area contributed by atoms with Crippen molar-refractivity contribution in [3.05, 3.63) is 377 Å². The summed E-state index contributed by atoms with van der Waals surface area (Å²) in [6.07, 6.45) is 11.5. The van der Waals surface area contributed by atoms with Crippen molar-refractivity contribution in [2.75, 3.05) is 0 Å². The Labute approximate surface area is 618 Å². The molecule has 23 rings (SSSR count). The van der Waals surface area contributed by atoms with Crippen molar-refractivity contribution in [1.29, 1.82) is 0 Å². The summed E-state index contributed by atoms with van der Waals surface area (Å²) in [5.74, 6) is 0.699. The highest BCUT2D eigenvalue weighted by molar-refractivity contribution is 6.13. The molecule has 12 aromatic carbocycles. The second-order valence-electron chi connectivity index (χ2n) is 27.2. The summed E-state index contributed by atoms with van der Waals surface area (Å²) in [6.45, 7) is 0. The molecule has 0 bridgehead atoms. The minimum atomic E-state index is 0.699. The number of rotatable bonds is 8. The standard InChI is InChI=1S/C35H23N3.C33H21N5.C28H18N4/c1-3-9-24(10-4-1)27-16-18-32-29(21-27)30-22-28(25-11-5-2-6-12-25)17-19-33(30)37(32)35-23-36-38-31-14-8-7-13-26(31)15-20-34(35)38;1-4-10-29-22(7-1)15-18-32-28(21-36-38(29)32)24-19-34-33(35-20-24)23-13-16-25(17-14-23)37-30-11-5-2-8-26(30)27-9-3-6-12-31(27)37;1-4-10-25-19(7-1)13-16-28-23(18-30-32(25)28)24-15-14-20(17-29-24)31-26-11-5-2-8-21(26)22-9-3-6-12-27(22)31/h1-23H;1-21H;1-18H. The third-order valence-corrected chi connectivity index (χ3v) is 21.2. The third kappa shape index (κ3) is 10.3. The highest BCUT2D eigenvalue weighted by atomic mass is 15.2. The first-order valence-corrected chi connectivity index (χ1v) is 36.2. The fourth-order valence-corrected chi connectivity index (χ4v) is 16.0. The summed E-state index contributed by atoms with van der Waals surface area (Å²) < 4.78 is 13.0. The van der Waals surface area contributed by atoms with Crippen LogP contribution in [0.4, 0.5) is 0 Å². The van der Waals surface area contributed by atoms with Crippen LogP contribution in [0.15, 0.2) is 377 Å². The molecule has 0 spiro atoms. The highest BCUT2D eigenvalue weighted by Crippen LogP contribution is 2.41. The van der Waals surface area contributed by atoms with Crippen molar-refractivity contribution in [3.8, 4) is 73.1 Å². The first kappa shape index (κ1) is 61.8. The number of hydrogen-bond acceptors (Lipinski definition) is 6. The maximum atomic E-state index is 4.85. The molecule has 0 aliphatic carbocycles. The van der Waals surface area contributed by atoms with E-state index >= 15 is 0 Å². The average molecular weight is 1380 g/mol. The van der Waals surface area contributed by atoms with Crippen LogP contribution in [-0.2, 0) is 0 Å². The zero-order valence-electron chi connectivity index (χ0n) is 58.2. The van der Waals surface area contributed by atoms with Crippen molar-refractivity contribution >= 4 is 115 Å². The number of nitrogens with zero attached hydrogens (tertiary/aromatic N) is 12. The molecule has 23 aromatic rings. The Bertz CT molecular complexity index is 7210. The van der Waals surface area contributed by atoms with Gasteiger partial charge in [-0.25, -0.2) is 23.5 Å². The summed E-state index contributed by atoms with van der Waals surface area (Å²) in [5, 5.41) is 25.1. The van der Waals surface area contributed by atoms with Crippen LogP contribution in [0, 0.1) is 0 Å². The first-order valence-electron chi connectivity index (χ1n) is 36.2. The molecular weight excluding hydrogens is 1320 g/mol. The van der Waals surface area contributed by atoms with Crippen LogP contribution in [0.5, 0.6) is 0 Å². The minimum Gasteiger partial charge on any atom is -0.309 e. The lowest BCUT2D eigenvalue weighted by molar-refractivity contribution is 1.00. The van der Waals surface area contributed by atoms with E-state index < -0.39 is 0 Å². The summed E-state index contributed by atoms with van der Waals surface area (Å²) in [7, 11) is 0. The molecule has 0 saturated carbocycles. The molecule has 0 atom stereocenters. The second-order valence-corrected chi connectivity index (χ2v) is 27.2. The molecule has 0 saturated heterocycles. The predicted octanol–water partition coefficient (Wildman–Crippen LogP) is 23.3. The summed E-state index contributed by atoms with van der Waals surface area (Å²) in [4.78, 5) is 14.3. The number of para-hydroxylation sites is 7. The highest BCUT2D eigenvalue weighted by Gasteiger charge is 2.21. The predicted molar refractivity (Wildman–Crippen MR) is 442 cm³/mol. The van der Waals surface area contributed by atoms with Gasteiger partial charge >= 0.3 is 0 Å². The number of benzene rings is 12. The lowest BCUT2D eigenvalue weighted by atomic mass is 10.0. The fraction of sp³-hybridized carbons (Fsp3) is 0. The van der Waals surface area contributed by atoms with E-state index in [9.17, 15) is 0 Å². The molecule has 0 radical (unpaired) electrons. The Hall–Kier alpha value is -14.9. The van der Waals surface area contributed by atoms with Gasteiger partial charge in [0, 0.05) is 88.8 Å². The van der Waals surface area contributed by atoms with Crippen molar-refractivity contribution in [3.63, 3.8) is 0 Å². The Morgan fingerprint density at radius 3 is 1.05 bits per heavy atom. The maximum absolute atomic E-state index is 4.85. The normalized spacial score (nSPS) is 11.7. The first-order chi connectivity index (χ1) is 53.6. The van der Waals surface area contributed by atoms with E-state index in [1.807, 2.05) is 70.5 Å². The Kier molecular flexibility index (Phi) is 14.6. The maximum Gasteiger partial charge on any atom is 0.159 e. The molecule has 0 aliphatic rings. The van der Waals surface area contributed by atoms with Crippen LogP contribution in [0.2, 0.25) is 0 Å². The molecule has 0 amide bonds. The lowest BCUT2D eigenvalue weighted by Gasteiger charge is -2.09. The van der Waals surface area contributed by atoms with E-state index in [0.29, 0.717) is 5.82 Å². The van der Waals surface area contributed by atoms with E-state index in [-0.39, 0.29) is 0 Å². The SMILES string of the molecule is c1ccc(-c2ccc3c(c2)c2cc(-c4ccccc4)ccc2n3-c2cnn3c2ccc2ccccc23)cc1.c1ccc2c(c1)ccc1c(-c3ccc(-n4c5ccccc5c5ccccc54)cn3)cnn12.c1ccc2c(c1)ccc1c(-c3cnc(-c4ccc(-n5c6ccccc6c6ccccc65)cc4)nc3)cnn12. The molecule has 12 nitrogen and oxygen atoms in total. The van der Waals surface area contributed by atoms with E-state index in [1.54, 1.807) is 0 Å². The number of hydrogen-bond donors (Lipinski definition) is 0. The van der Waals surface area contributed by atoms with Crippen LogP contribution < -0.4 is 0 Å². The average Bonchev–Trinajstić information content (AvgIpc) is 1.57. The van der Waals surface area contributed by atoms with E-state index in [0.717, 1.165) is 83.5 Å². The monoisotopic (exact) mass is 1380 g/mol. The number of fused-ring (bicyclic) bond motifs is 18. The van der Waals surface area contributed by atoms with Crippen molar-refractivity contribution < 1.29 is 0 Å². The Morgan fingerprint density at radius 2 is 0.565 bits per heavy atom. The lowest BCUT2D eigenvalue weighted by Crippen LogP contribution is -1.95. The smallest absolute Gasteiger partial charge is 0.159 e. The minimum absolute atomic E-state index is 0.699. The molecule has 0 N–H and O–H groups in total. The van der Waals surface area contributed by atoms with Gasteiger partial charge in [-0.3, -0.25) is 4.98 Å². The van der Waals surface area contributed by atoms with Gasteiger partial charge in [-0.2, -0.15) is 15.3 Å². The van der Waals surface area contributed by atoms with E-state index in [2.05, 4.69) is 344 Å². The molecule has 0 unspecified atom stereocenters. The van der Waals surface area contributed by atoms with E-state index in [1.165, 1.54) is 98.4 Å². The molecule has 0 fully saturated rings. The van der Waals surface area contributed by atoms with Crippen molar-refractivity contribution in [2.24, 2.45) is 0 Å². The van der Waals surface area contributed by atoms with Crippen LogP contribution in [0.1, 0.15) is 0 Å². The quantitative estimate of drug-likeness (QED) is 0.150. The zero-order chi connectivity index (χ0) is 71.2. The van der Waals surface area contributed by atoms with Gasteiger partial charge in [0.15, 0.2) is 5.82 Å². The van der Waals surface area contributed by atoms with Gasteiger partial charge in [0.25, 0.3) is 0 Å². The van der Waals surface area contributed by atoms with Gasteiger partial charge in [0.1, 0.15) is 0 Å². The van der Waals surface area contributed by atoms with Gasteiger partial charge in [-0.05, 0) is 144 Å². The molecule has 11 aromatic heterocycles. The summed E-state index contributed by atoms with van der Waals surface area (Å²) in [6, 6.07) is 119.